The fourth-order valence-electron chi connectivity index (χ4n) is 1.06. The third-order valence-corrected chi connectivity index (χ3v) is 2.50. The van der Waals surface area contributed by atoms with Gasteiger partial charge in [-0.05, 0) is 34.5 Å². The van der Waals surface area contributed by atoms with E-state index in [0.717, 1.165) is 0 Å². The number of carbonyl (C=O) groups excluding carboxylic acids is 1. The van der Waals surface area contributed by atoms with E-state index >= 15 is 0 Å². The predicted octanol–water partition coefficient (Wildman–Crippen LogP) is 2.23. The van der Waals surface area contributed by atoms with Crippen molar-refractivity contribution in [3.63, 3.8) is 0 Å². The van der Waals surface area contributed by atoms with Crippen molar-refractivity contribution in [2.75, 3.05) is 0 Å². The van der Waals surface area contributed by atoms with Gasteiger partial charge in [-0.15, -0.1) is 0 Å². The minimum atomic E-state index is -0.717. The number of rotatable bonds is 4. The summed E-state index contributed by atoms with van der Waals surface area (Å²) in [5.41, 5.74) is 5.10. The Hall–Kier alpha value is -1.10. The van der Waals surface area contributed by atoms with Crippen LogP contribution in [0.3, 0.4) is 0 Å². The molecule has 1 aromatic rings. The van der Waals surface area contributed by atoms with Gasteiger partial charge in [-0.1, -0.05) is 6.92 Å². The predicted molar refractivity (Wildman–Crippen MR) is 58.0 cm³/mol. The van der Waals surface area contributed by atoms with E-state index in [-0.39, 0.29) is 0 Å². The molecule has 82 valence electrons. The van der Waals surface area contributed by atoms with Crippen LogP contribution in [0.25, 0.3) is 0 Å². The standard InChI is InChI=1S/C10H11BrFNO2/c1-2-9(10(13)14)15-6-3-4-7(11)8(12)5-6/h3-5,9H,2H2,1H3,(H2,13,14). The normalized spacial score (nSPS) is 12.2. The van der Waals surface area contributed by atoms with Crippen molar-refractivity contribution in [3.05, 3.63) is 28.5 Å². The molecule has 0 aromatic heterocycles. The molecule has 0 aliphatic carbocycles. The second-order valence-electron chi connectivity index (χ2n) is 2.99. The zero-order valence-electron chi connectivity index (χ0n) is 8.17. The first-order valence-electron chi connectivity index (χ1n) is 4.45. The topological polar surface area (TPSA) is 52.3 Å². The van der Waals surface area contributed by atoms with Crippen LogP contribution in [0.1, 0.15) is 13.3 Å². The molecular weight excluding hydrogens is 265 g/mol. The molecule has 2 N–H and O–H groups in total. The molecule has 1 unspecified atom stereocenters. The lowest BCUT2D eigenvalue weighted by Gasteiger charge is -2.14. The summed E-state index contributed by atoms with van der Waals surface area (Å²) >= 11 is 3.02. The van der Waals surface area contributed by atoms with Gasteiger partial charge in [-0.3, -0.25) is 4.79 Å². The van der Waals surface area contributed by atoms with Crippen LogP contribution < -0.4 is 10.5 Å². The van der Waals surface area contributed by atoms with Gasteiger partial charge in [0.1, 0.15) is 11.6 Å². The molecule has 0 aliphatic rings. The third-order valence-electron chi connectivity index (χ3n) is 1.86. The number of hydrogen-bond donors (Lipinski definition) is 1. The van der Waals surface area contributed by atoms with Crippen molar-refractivity contribution in [3.8, 4) is 5.75 Å². The van der Waals surface area contributed by atoms with Gasteiger partial charge in [0, 0.05) is 6.07 Å². The van der Waals surface area contributed by atoms with E-state index in [2.05, 4.69) is 15.9 Å². The van der Waals surface area contributed by atoms with Crippen LogP contribution in [0.4, 0.5) is 4.39 Å². The monoisotopic (exact) mass is 275 g/mol. The zero-order valence-corrected chi connectivity index (χ0v) is 9.75. The number of hydrogen-bond acceptors (Lipinski definition) is 2. The highest BCUT2D eigenvalue weighted by Gasteiger charge is 2.14. The molecule has 5 heteroatoms. The van der Waals surface area contributed by atoms with E-state index in [0.29, 0.717) is 16.6 Å². The van der Waals surface area contributed by atoms with Crippen LogP contribution in [0.2, 0.25) is 0 Å². The molecule has 0 spiro atoms. The van der Waals surface area contributed by atoms with Gasteiger partial charge in [0.2, 0.25) is 0 Å². The van der Waals surface area contributed by atoms with Gasteiger partial charge in [0.05, 0.1) is 4.47 Å². The summed E-state index contributed by atoms with van der Waals surface area (Å²) in [6.07, 6.45) is -0.266. The molecule has 0 fully saturated rings. The Bertz CT molecular complexity index is 370. The number of amides is 1. The van der Waals surface area contributed by atoms with E-state index in [1.165, 1.54) is 12.1 Å². The van der Waals surface area contributed by atoms with E-state index in [1.54, 1.807) is 13.0 Å². The Morgan fingerprint density at radius 1 is 1.67 bits per heavy atom. The molecule has 1 atom stereocenters. The Morgan fingerprint density at radius 3 is 2.80 bits per heavy atom. The van der Waals surface area contributed by atoms with Gasteiger partial charge in [-0.2, -0.15) is 0 Å². The maximum atomic E-state index is 13.1. The summed E-state index contributed by atoms with van der Waals surface area (Å²) in [4.78, 5) is 10.9. The number of benzene rings is 1. The molecule has 0 saturated heterocycles. The number of carbonyl (C=O) groups is 1. The Balaban J connectivity index is 2.80. The highest BCUT2D eigenvalue weighted by molar-refractivity contribution is 9.10. The van der Waals surface area contributed by atoms with Crippen LogP contribution in [0, 0.1) is 5.82 Å². The van der Waals surface area contributed by atoms with Crippen LogP contribution in [-0.2, 0) is 4.79 Å². The number of halogens is 2. The Kier molecular flexibility index (Phi) is 4.08. The fourth-order valence-corrected chi connectivity index (χ4v) is 1.30. The minimum Gasteiger partial charge on any atom is -0.481 e. The lowest BCUT2D eigenvalue weighted by Crippen LogP contribution is -2.32. The highest BCUT2D eigenvalue weighted by atomic mass is 79.9. The highest BCUT2D eigenvalue weighted by Crippen LogP contribution is 2.22. The molecule has 1 rings (SSSR count). The SMILES string of the molecule is CCC(Oc1ccc(Br)c(F)c1)C(N)=O. The third kappa shape index (κ3) is 3.20. The van der Waals surface area contributed by atoms with Crippen LogP contribution in [-0.4, -0.2) is 12.0 Å². The van der Waals surface area contributed by atoms with Crippen molar-refractivity contribution in [1.82, 2.24) is 0 Å². The van der Waals surface area contributed by atoms with Gasteiger partial charge < -0.3 is 10.5 Å². The van der Waals surface area contributed by atoms with E-state index in [9.17, 15) is 9.18 Å². The van der Waals surface area contributed by atoms with Crippen LogP contribution in [0.5, 0.6) is 5.75 Å². The zero-order chi connectivity index (χ0) is 11.4. The van der Waals surface area contributed by atoms with E-state index < -0.39 is 17.8 Å². The molecule has 1 aromatic carbocycles. The minimum absolute atomic E-state index is 0.293. The molecule has 0 saturated carbocycles. The van der Waals surface area contributed by atoms with Crippen LogP contribution in [0.15, 0.2) is 22.7 Å². The van der Waals surface area contributed by atoms with Crippen molar-refractivity contribution < 1.29 is 13.9 Å². The summed E-state index contributed by atoms with van der Waals surface area (Å²) in [6.45, 7) is 1.77. The fraction of sp³-hybridized carbons (Fsp3) is 0.300. The summed E-state index contributed by atoms with van der Waals surface area (Å²) in [7, 11) is 0. The first kappa shape index (κ1) is 12.0. The molecule has 1 amide bonds. The largest absolute Gasteiger partial charge is 0.481 e. The lowest BCUT2D eigenvalue weighted by molar-refractivity contribution is -0.124. The Labute approximate surface area is 95.5 Å². The first-order chi connectivity index (χ1) is 7.04. The quantitative estimate of drug-likeness (QED) is 0.916. The van der Waals surface area contributed by atoms with Crippen molar-refractivity contribution in [1.29, 1.82) is 0 Å². The molecule has 0 bridgehead atoms. The molecular formula is C10H11BrFNO2. The van der Waals surface area contributed by atoms with Gasteiger partial charge in [-0.25, -0.2) is 4.39 Å². The van der Waals surface area contributed by atoms with Crippen molar-refractivity contribution in [2.45, 2.75) is 19.4 Å². The van der Waals surface area contributed by atoms with E-state index in [1.807, 2.05) is 0 Å². The van der Waals surface area contributed by atoms with Crippen molar-refractivity contribution >= 4 is 21.8 Å². The second-order valence-corrected chi connectivity index (χ2v) is 3.85. The van der Waals surface area contributed by atoms with Gasteiger partial charge in [0.15, 0.2) is 6.10 Å². The number of nitrogens with two attached hydrogens (primary N) is 1. The average molecular weight is 276 g/mol. The summed E-state index contributed by atoms with van der Waals surface area (Å²) in [5.74, 6) is -0.700. The first-order valence-corrected chi connectivity index (χ1v) is 5.25. The van der Waals surface area contributed by atoms with E-state index in [4.69, 9.17) is 10.5 Å². The molecule has 0 aliphatic heterocycles. The maximum absolute atomic E-state index is 13.1. The van der Waals surface area contributed by atoms with Gasteiger partial charge in [0.25, 0.3) is 5.91 Å². The number of ether oxygens (including phenoxy) is 1. The van der Waals surface area contributed by atoms with Crippen molar-refractivity contribution in [2.24, 2.45) is 5.73 Å². The smallest absolute Gasteiger partial charge is 0.258 e. The lowest BCUT2D eigenvalue weighted by atomic mass is 10.2. The summed E-state index contributed by atoms with van der Waals surface area (Å²) in [5, 5.41) is 0. The maximum Gasteiger partial charge on any atom is 0.258 e. The average Bonchev–Trinajstić information content (AvgIpc) is 2.19. The molecule has 3 nitrogen and oxygen atoms in total. The van der Waals surface area contributed by atoms with Gasteiger partial charge >= 0.3 is 0 Å². The summed E-state index contributed by atoms with van der Waals surface area (Å²) < 4.78 is 18.7. The molecule has 15 heavy (non-hydrogen) atoms. The number of primary amides is 1. The Morgan fingerprint density at radius 2 is 2.33 bits per heavy atom. The molecule has 0 heterocycles. The second kappa shape index (κ2) is 5.11. The van der Waals surface area contributed by atoms with Crippen LogP contribution >= 0.6 is 15.9 Å². The molecule has 0 radical (unpaired) electrons. The summed E-state index contributed by atoms with van der Waals surface area (Å²) in [6, 6.07) is 4.28.